The van der Waals surface area contributed by atoms with Gasteiger partial charge in [-0.25, -0.2) is 8.78 Å². The topological polar surface area (TPSA) is 52.0 Å². The van der Waals surface area contributed by atoms with Crippen LogP contribution in [-0.4, -0.2) is 4.98 Å². The van der Waals surface area contributed by atoms with E-state index in [0.29, 0.717) is 12.0 Å². The molecule has 2 rings (SSSR count). The first-order valence-corrected chi connectivity index (χ1v) is 4.16. The van der Waals surface area contributed by atoms with E-state index < -0.39 is 11.6 Å². The number of hydrogen-bond acceptors (Lipinski definition) is 3. The van der Waals surface area contributed by atoms with Gasteiger partial charge in [0, 0.05) is 5.56 Å². The van der Waals surface area contributed by atoms with E-state index >= 15 is 0 Å². The van der Waals surface area contributed by atoms with E-state index in [1.165, 1.54) is 0 Å². The molecule has 0 saturated heterocycles. The second-order valence-electron chi connectivity index (χ2n) is 2.91. The molecule has 5 heteroatoms. The molecule has 0 fully saturated rings. The molecule has 0 bridgehead atoms. The molecule has 0 atom stereocenters. The van der Waals surface area contributed by atoms with Gasteiger partial charge in [0.05, 0.1) is 0 Å². The number of rotatable bonds is 1. The molecule has 1 heterocycles. The Morgan fingerprint density at radius 3 is 2.86 bits per heavy atom. The van der Waals surface area contributed by atoms with Gasteiger partial charge in [-0.05, 0) is 12.5 Å². The molecule has 1 aromatic heterocycles. The van der Waals surface area contributed by atoms with Crippen molar-refractivity contribution in [3.63, 3.8) is 0 Å². The summed E-state index contributed by atoms with van der Waals surface area (Å²) in [6.45, 7) is 1.81. The summed E-state index contributed by atoms with van der Waals surface area (Å²) in [6.07, 6.45) is 0.530. The standard InChI is InChI=1S/C9H8F2N2O/c1-2-4-3-5(10)6(11)7-8(4)14-9(12)13-7/h3H,2H2,1H3,(H2,12,13). The Morgan fingerprint density at radius 2 is 2.21 bits per heavy atom. The van der Waals surface area contributed by atoms with Crippen LogP contribution in [0.15, 0.2) is 10.5 Å². The highest BCUT2D eigenvalue weighted by Crippen LogP contribution is 2.26. The summed E-state index contributed by atoms with van der Waals surface area (Å²) in [5, 5.41) is 0. The van der Waals surface area contributed by atoms with Crippen LogP contribution in [-0.2, 0) is 6.42 Å². The van der Waals surface area contributed by atoms with Crippen molar-refractivity contribution in [1.82, 2.24) is 4.98 Å². The van der Waals surface area contributed by atoms with Gasteiger partial charge in [0.25, 0.3) is 6.01 Å². The van der Waals surface area contributed by atoms with Crippen molar-refractivity contribution in [2.75, 3.05) is 5.73 Å². The molecule has 0 saturated carbocycles. The second kappa shape index (κ2) is 2.94. The smallest absolute Gasteiger partial charge is 0.293 e. The van der Waals surface area contributed by atoms with Crippen LogP contribution < -0.4 is 5.73 Å². The van der Waals surface area contributed by atoms with Gasteiger partial charge >= 0.3 is 0 Å². The van der Waals surface area contributed by atoms with Crippen LogP contribution in [0.1, 0.15) is 12.5 Å². The molecule has 74 valence electrons. The Balaban J connectivity index is 2.88. The first-order valence-electron chi connectivity index (χ1n) is 4.16. The van der Waals surface area contributed by atoms with Crippen LogP contribution in [0.3, 0.4) is 0 Å². The maximum absolute atomic E-state index is 13.2. The molecule has 0 spiro atoms. The minimum Gasteiger partial charge on any atom is -0.423 e. The van der Waals surface area contributed by atoms with E-state index in [0.717, 1.165) is 6.07 Å². The number of fused-ring (bicyclic) bond motifs is 1. The predicted molar refractivity (Wildman–Crippen MR) is 47.7 cm³/mol. The van der Waals surface area contributed by atoms with Crippen LogP contribution in [0, 0.1) is 11.6 Å². The fourth-order valence-electron chi connectivity index (χ4n) is 1.36. The fraction of sp³-hybridized carbons (Fsp3) is 0.222. The molecule has 0 aliphatic carbocycles. The highest BCUT2D eigenvalue weighted by atomic mass is 19.2. The van der Waals surface area contributed by atoms with Crippen LogP contribution in [0.4, 0.5) is 14.8 Å². The number of oxazole rings is 1. The SMILES string of the molecule is CCc1cc(F)c(F)c2nc(N)oc12. The monoisotopic (exact) mass is 198 g/mol. The summed E-state index contributed by atoms with van der Waals surface area (Å²) in [6, 6.07) is 0.946. The van der Waals surface area contributed by atoms with Gasteiger partial charge in [-0.3, -0.25) is 0 Å². The maximum Gasteiger partial charge on any atom is 0.293 e. The van der Waals surface area contributed by atoms with Crippen molar-refractivity contribution < 1.29 is 13.2 Å². The molecule has 3 nitrogen and oxygen atoms in total. The lowest BCUT2D eigenvalue weighted by molar-refractivity contribution is 0.513. The lowest BCUT2D eigenvalue weighted by Crippen LogP contribution is -1.91. The summed E-state index contributed by atoms with van der Waals surface area (Å²) < 4.78 is 31.2. The predicted octanol–water partition coefficient (Wildman–Crippen LogP) is 2.25. The third-order valence-electron chi connectivity index (χ3n) is 2.03. The highest BCUT2D eigenvalue weighted by Gasteiger charge is 2.16. The minimum atomic E-state index is -1.02. The van der Waals surface area contributed by atoms with Gasteiger partial charge in [0.2, 0.25) is 0 Å². The molecular formula is C9H8F2N2O. The quantitative estimate of drug-likeness (QED) is 0.764. The van der Waals surface area contributed by atoms with E-state index in [4.69, 9.17) is 10.2 Å². The first kappa shape index (κ1) is 8.93. The van der Waals surface area contributed by atoms with E-state index in [2.05, 4.69) is 4.98 Å². The van der Waals surface area contributed by atoms with Crippen LogP contribution >= 0.6 is 0 Å². The highest BCUT2D eigenvalue weighted by molar-refractivity contribution is 5.78. The lowest BCUT2D eigenvalue weighted by Gasteiger charge is -1.98. The molecule has 0 unspecified atom stereocenters. The zero-order valence-corrected chi connectivity index (χ0v) is 7.47. The Morgan fingerprint density at radius 1 is 1.50 bits per heavy atom. The zero-order chi connectivity index (χ0) is 10.3. The van der Waals surface area contributed by atoms with Gasteiger partial charge in [0.15, 0.2) is 22.7 Å². The number of halogens is 2. The molecule has 2 aromatic rings. The summed E-state index contributed by atoms with van der Waals surface area (Å²) in [7, 11) is 0. The van der Waals surface area contributed by atoms with E-state index in [-0.39, 0.29) is 17.1 Å². The molecular weight excluding hydrogens is 190 g/mol. The maximum atomic E-state index is 13.2. The first-order chi connectivity index (χ1) is 6.63. The van der Waals surface area contributed by atoms with Gasteiger partial charge in [-0.2, -0.15) is 4.98 Å². The third kappa shape index (κ3) is 1.13. The Hall–Kier alpha value is -1.65. The molecule has 0 aliphatic heterocycles. The minimum absolute atomic E-state index is 0.139. The van der Waals surface area contributed by atoms with Crippen molar-refractivity contribution in [2.24, 2.45) is 0 Å². The third-order valence-corrected chi connectivity index (χ3v) is 2.03. The number of aromatic nitrogens is 1. The summed E-state index contributed by atoms with van der Waals surface area (Å²) in [5.41, 5.74) is 5.91. The van der Waals surface area contributed by atoms with Crippen molar-refractivity contribution in [3.8, 4) is 0 Å². The Bertz CT molecular complexity index is 493. The molecule has 14 heavy (non-hydrogen) atoms. The van der Waals surface area contributed by atoms with Gasteiger partial charge in [0.1, 0.15) is 0 Å². The number of aryl methyl sites for hydroxylation is 1. The normalized spacial score (nSPS) is 11.1. The molecule has 0 amide bonds. The Kier molecular flexibility index (Phi) is 1.87. The lowest BCUT2D eigenvalue weighted by atomic mass is 10.1. The number of nitrogens with zero attached hydrogens (tertiary/aromatic N) is 1. The average Bonchev–Trinajstić information content (AvgIpc) is 2.54. The van der Waals surface area contributed by atoms with Crippen molar-refractivity contribution in [2.45, 2.75) is 13.3 Å². The fourth-order valence-corrected chi connectivity index (χ4v) is 1.36. The van der Waals surface area contributed by atoms with Crippen LogP contribution in [0.5, 0.6) is 0 Å². The molecule has 1 aromatic carbocycles. The number of anilines is 1. The number of benzene rings is 1. The van der Waals surface area contributed by atoms with E-state index in [1.807, 2.05) is 6.92 Å². The van der Waals surface area contributed by atoms with Crippen LogP contribution in [0.25, 0.3) is 11.1 Å². The van der Waals surface area contributed by atoms with E-state index in [9.17, 15) is 8.78 Å². The number of hydrogen-bond donors (Lipinski definition) is 1. The van der Waals surface area contributed by atoms with Gasteiger partial charge in [-0.15, -0.1) is 0 Å². The summed E-state index contributed by atoms with van der Waals surface area (Å²) >= 11 is 0. The second-order valence-corrected chi connectivity index (χ2v) is 2.91. The molecule has 0 aliphatic rings. The van der Waals surface area contributed by atoms with Crippen LogP contribution in [0.2, 0.25) is 0 Å². The molecule has 2 N–H and O–H groups in total. The largest absolute Gasteiger partial charge is 0.423 e. The summed E-state index contributed by atoms with van der Waals surface area (Å²) in [5.74, 6) is -1.94. The van der Waals surface area contributed by atoms with Crippen molar-refractivity contribution in [1.29, 1.82) is 0 Å². The Labute approximate surface area is 78.5 Å². The van der Waals surface area contributed by atoms with Gasteiger partial charge < -0.3 is 10.2 Å². The number of nitrogens with two attached hydrogens (primary N) is 1. The average molecular weight is 198 g/mol. The molecule has 0 radical (unpaired) electrons. The number of nitrogen functional groups attached to an aromatic ring is 1. The van der Waals surface area contributed by atoms with Gasteiger partial charge in [-0.1, -0.05) is 6.92 Å². The van der Waals surface area contributed by atoms with E-state index in [1.54, 1.807) is 0 Å². The summed E-state index contributed by atoms with van der Waals surface area (Å²) in [4.78, 5) is 3.58. The van der Waals surface area contributed by atoms with Crippen molar-refractivity contribution >= 4 is 17.1 Å². The zero-order valence-electron chi connectivity index (χ0n) is 7.47. The van der Waals surface area contributed by atoms with Crippen molar-refractivity contribution in [3.05, 3.63) is 23.3 Å².